The molecule has 0 saturated carbocycles. The molecule has 0 aromatic heterocycles. The highest BCUT2D eigenvalue weighted by Crippen LogP contribution is 2.22. The van der Waals surface area contributed by atoms with Gasteiger partial charge >= 0.3 is 0 Å². The Balaban J connectivity index is 2.34. The first-order valence-corrected chi connectivity index (χ1v) is 22.3. The summed E-state index contributed by atoms with van der Waals surface area (Å²) in [5.41, 5.74) is 0. The molecule has 1 aliphatic rings. The smallest absolute Gasteiger partial charge is 0.220 e. The normalized spacial score (nSPS) is 21.9. The lowest BCUT2D eigenvalue weighted by atomic mass is 9.99. The molecule has 6 N–H and O–H groups in total. The molecule has 1 rings (SSSR count). The van der Waals surface area contributed by atoms with Crippen LogP contribution in [0.15, 0.2) is 122 Å². The second-order valence-corrected chi connectivity index (χ2v) is 14.7. The summed E-state index contributed by atoms with van der Waals surface area (Å²) in [6, 6.07) is -0.852. The predicted octanol–water partition coefficient (Wildman–Crippen LogP) is 9.27. The van der Waals surface area contributed by atoms with Gasteiger partial charge in [-0.15, -0.1) is 0 Å². The molecule has 1 saturated heterocycles. The van der Waals surface area contributed by atoms with E-state index in [2.05, 4.69) is 129 Å². The fraction of sp³-hybridized carbons (Fsp3) is 0.580. The quantitative estimate of drug-likeness (QED) is 0.0278. The van der Waals surface area contributed by atoms with Gasteiger partial charge in [0.1, 0.15) is 24.4 Å². The number of unbranched alkanes of at least 4 members (excludes halogenated alkanes) is 6. The average molecular weight is 822 g/mol. The van der Waals surface area contributed by atoms with Crippen molar-refractivity contribution in [3.8, 4) is 0 Å². The Kier molecular flexibility index (Phi) is 35.2. The van der Waals surface area contributed by atoms with Gasteiger partial charge in [-0.3, -0.25) is 4.79 Å². The van der Waals surface area contributed by atoms with Crippen LogP contribution in [0.1, 0.15) is 129 Å². The summed E-state index contributed by atoms with van der Waals surface area (Å²) >= 11 is 0. The van der Waals surface area contributed by atoms with Crippen LogP contribution in [0.5, 0.6) is 0 Å². The molecule has 0 aliphatic carbocycles. The van der Waals surface area contributed by atoms with E-state index < -0.39 is 49.5 Å². The fourth-order valence-corrected chi connectivity index (χ4v) is 5.95. The van der Waals surface area contributed by atoms with Crippen LogP contribution in [0.25, 0.3) is 0 Å². The van der Waals surface area contributed by atoms with Gasteiger partial charge < -0.3 is 40.3 Å². The molecule has 59 heavy (non-hydrogen) atoms. The van der Waals surface area contributed by atoms with Crippen LogP contribution in [-0.2, 0) is 14.3 Å². The number of amides is 1. The number of aliphatic hydroxyl groups is 5. The second kappa shape index (κ2) is 38.8. The monoisotopic (exact) mass is 822 g/mol. The van der Waals surface area contributed by atoms with Crippen molar-refractivity contribution < 1.29 is 39.8 Å². The largest absolute Gasteiger partial charge is 0.394 e. The Morgan fingerprint density at radius 3 is 1.56 bits per heavy atom. The molecule has 0 radical (unpaired) electrons. The lowest BCUT2D eigenvalue weighted by molar-refractivity contribution is -0.302. The fourth-order valence-electron chi connectivity index (χ4n) is 5.95. The molecule has 1 heterocycles. The van der Waals surface area contributed by atoms with Gasteiger partial charge in [-0.05, 0) is 96.3 Å². The molecule has 1 aliphatic heterocycles. The standard InChI is InChI=1S/C50H79NO8/c1-3-5-7-9-11-13-14-15-16-17-18-19-20-21-22-23-24-25-26-27-28-29-30-32-34-36-38-40-46(54)51-43(44(53)39-37-35-33-31-12-10-8-6-4-2)42-58-50-49(57)48(56)47(55)45(41-52)59-50/h5,7,11-13,15-16,18-19,21-22,24-25,27-28,30-32,37,39,43-45,47-50,52-53,55-57H,3-4,6,8-10,14,17,20,23,26,29,33-36,38,40-42H2,1-2H3,(H,51,54)/b7-5-,13-11-,16-15-,19-18-,22-21-,25-24-,28-27-,31-12+,32-30-,39-37+. The molecule has 0 spiro atoms. The Labute approximate surface area is 357 Å². The van der Waals surface area contributed by atoms with Crippen molar-refractivity contribution in [2.75, 3.05) is 13.2 Å². The maximum atomic E-state index is 12.9. The molecule has 7 atom stereocenters. The topological polar surface area (TPSA) is 149 Å². The number of hydrogen-bond acceptors (Lipinski definition) is 8. The molecule has 0 aromatic rings. The molecular weight excluding hydrogens is 743 g/mol. The zero-order valence-corrected chi connectivity index (χ0v) is 36.2. The Bertz CT molecular complexity index is 1320. The van der Waals surface area contributed by atoms with E-state index in [0.717, 1.165) is 83.5 Å². The van der Waals surface area contributed by atoms with Crippen LogP contribution < -0.4 is 5.32 Å². The summed E-state index contributed by atoms with van der Waals surface area (Å²) in [5.74, 6) is -0.240. The Morgan fingerprint density at radius 1 is 0.593 bits per heavy atom. The molecule has 0 bridgehead atoms. The third-order valence-corrected chi connectivity index (χ3v) is 9.52. The maximum Gasteiger partial charge on any atom is 0.220 e. The molecule has 0 aromatic carbocycles. The highest BCUT2D eigenvalue weighted by molar-refractivity contribution is 5.76. The first-order chi connectivity index (χ1) is 28.8. The number of nitrogens with one attached hydrogen (secondary N) is 1. The molecule has 9 heteroatoms. The van der Waals surface area contributed by atoms with Gasteiger partial charge in [0.2, 0.25) is 5.91 Å². The van der Waals surface area contributed by atoms with E-state index >= 15 is 0 Å². The number of aliphatic hydroxyl groups excluding tert-OH is 5. The lowest BCUT2D eigenvalue weighted by Gasteiger charge is -2.40. The predicted molar refractivity (Wildman–Crippen MR) is 244 cm³/mol. The van der Waals surface area contributed by atoms with Crippen LogP contribution in [0, 0.1) is 0 Å². The minimum Gasteiger partial charge on any atom is -0.394 e. The van der Waals surface area contributed by atoms with Gasteiger partial charge in [-0.2, -0.15) is 0 Å². The van der Waals surface area contributed by atoms with Gasteiger partial charge in [0.05, 0.1) is 25.4 Å². The minimum absolute atomic E-state index is 0.229. The zero-order chi connectivity index (χ0) is 43.0. The van der Waals surface area contributed by atoms with Crippen molar-refractivity contribution >= 4 is 5.91 Å². The number of ether oxygens (including phenoxy) is 2. The Hall–Kier alpha value is -3.41. The number of allylic oxidation sites excluding steroid dienone is 19. The highest BCUT2D eigenvalue weighted by atomic mass is 16.7. The van der Waals surface area contributed by atoms with Gasteiger partial charge in [-0.25, -0.2) is 0 Å². The van der Waals surface area contributed by atoms with Crippen LogP contribution in [-0.4, -0.2) is 87.5 Å². The van der Waals surface area contributed by atoms with Gasteiger partial charge in [0, 0.05) is 6.42 Å². The number of rotatable bonds is 34. The molecular formula is C50H79NO8. The first kappa shape index (κ1) is 53.6. The van der Waals surface area contributed by atoms with E-state index in [1.807, 2.05) is 6.08 Å². The van der Waals surface area contributed by atoms with E-state index in [4.69, 9.17) is 9.47 Å². The van der Waals surface area contributed by atoms with Crippen molar-refractivity contribution in [1.29, 1.82) is 0 Å². The summed E-state index contributed by atoms with van der Waals surface area (Å²) in [6.07, 6.45) is 51.2. The van der Waals surface area contributed by atoms with Crippen molar-refractivity contribution in [2.45, 2.75) is 172 Å². The second-order valence-electron chi connectivity index (χ2n) is 14.7. The molecule has 332 valence electrons. The highest BCUT2D eigenvalue weighted by Gasteiger charge is 2.44. The van der Waals surface area contributed by atoms with Crippen LogP contribution >= 0.6 is 0 Å². The number of carbonyl (C=O) groups is 1. The summed E-state index contributed by atoms with van der Waals surface area (Å²) < 4.78 is 11.1. The van der Waals surface area contributed by atoms with Crippen LogP contribution in [0.2, 0.25) is 0 Å². The summed E-state index contributed by atoms with van der Waals surface area (Å²) in [4.78, 5) is 12.9. The van der Waals surface area contributed by atoms with E-state index in [0.29, 0.717) is 6.42 Å². The molecule has 1 fully saturated rings. The van der Waals surface area contributed by atoms with E-state index in [1.54, 1.807) is 6.08 Å². The minimum atomic E-state index is -1.59. The van der Waals surface area contributed by atoms with Crippen molar-refractivity contribution in [3.05, 3.63) is 122 Å². The number of hydrogen-bond donors (Lipinski definition) is 6. The molecule has 1 amide bonds. The first-order valence-electron chi connectivity index (χ1n) is 22.3. The molecule has 9 nitrogen and oxygen atoms in total. The van der Waals surface area contributed by atoms with E-state index in [1.165, 1.54) is 19.3 Å². The molecule has 7 unspecified atom stereocenters. The lowest BCUT2D eigenvalue weighted by Crippen LogP contribution is -2.60. The third-order valence-electron chi connectivity index (χ3n) is 9.52. The maximum absolute atomic E-state index is 12.9. The van der Waals surface area contributed by atoms with Crippen LogP contribution in [0.4, 0.5) is 0 Å². The van der Waals surface area contributed by atoms with Crippen LogP contribution in [0.3, 0.4) is 0 Å². The third kappa shape index (κ3) is 29.5. The van der Waals surface area contributed by atoms with Gasteiger partial charge in [0.15, 0.2) is 6.29 Å². The van der Waals surface area contributed by atoms with Crippen molar-refractivity contribution in [2.24, 2.45) is 0 Å². The van der Waals surface area contributed by atoms with E-state index in [-0.39, 0.29) is 18.9 Å². The van der Waals surface area contributed by atoms with Crippen molar-refractivity contribution in [1.82, 2.24) is 5.32 Å². The zero-order valence-electron chi connectivity index (χ0n) is 36.2. The summed E-state index contributed by atoms with van der Waals surface area (Å²) in [7, 11) is 0. The number of carbonyl (C=O) groups excluding carboxylic acids is 1. The average Bonchev–Trinajstić information content (AvgIpc) is 3.23. The SMILES string of the molecule is CC/C=C\C/C=C\C/C=C\C/C=C\C/C=C\C/C=C\C/C=C\C/C=C\CCCCC(=O)NC(COC1OC(CO)C(O)C(O)C1O)C(O)/C=C/CC/C=C/CCCCC. The van der Waals surface area contributed by atoms with Gasteiger partial charge in [0.25, 0.3) is 0 Å². The van der Waals surface area contributed by atoms with Crippen molar-refractivity contribution in [3.63, 3.8) is 0 Å². The summed E-state index contributed by atoms with van der Waals surface area (Å²) in [6.45, 7) is 3.52. The summed E-state index contributed by atoms with van der Waals surface area (Å²) in [5, 5.41) is 53.9. The van der Waals surface area contributed by atoms with Gasteiger partial charge in [-0.1, -0.05) is 148 Å². The van der Waals surface area contributed by atoms with E-state index in [9.17, 15) is 30.3 Å². The Morgan fingerprint density at radius 2 is 1.05 bits per heavy atom.